The first-order valence-corrected chi connectivity index (χ1v) is 10.1. The Bertz CT molecular complexity index is 905. The summed E-state index contributed by atoms with van der Waals surface area (Å²) in [6.45, 7) is 0. The normalized spacial score (nSPS) is 19.9. The van der Waals surface area contributed by atoms with E-state index in [4.69, 9.17) is 4.99 Å². The van der Waals surface area contributed by atoms with E-state index < -0.39 is 11.0 Å². The van der Waals surface area contributed by atoms with E-state index in [0.717, 1.165) is 31.2 Å². The summed E-state index contributed by atoms with van der Waals surface area (Å²) in [4.78, 5) is 30.2. The molecule has 1 N–H and O–H groups in total. The van der Waals surface area contributed by atoms with E-state index in [1.807, 2.05) is 35.2 Å². The maximum absolute atomic E-state index is 13.2. The topological polar surface area (TPSA) is 87.8 Å². The van der Waals surface area contributed by atoms with Gasteiger partial charge in [-0.1, -0.05) is 49.6 Å². The van der Waals surface area contributed by atoms with Gasteiger partial charge in [0.05, 0.1) is 4.92 Å². The minimum absolute atomic E-state index is 0.0326. The van der Waals surface area contributed by atoms with Gasteiger partial charge in [0, 0.05) is 30.3 Å². The van der Waals surface area contributed by atoms with Crippen LogP contribution in [0.3, 0.4) is 0 Å². The molecule has 0 spiro atoms. The van der Waals surface area contributed by atoms with E-state index in [1.54, 1.807) is 12.1 Å². The average Bonchev–Trinajstić information content (AvgIpc) is 3.04. The van der Waals surface area contributed by atoms with Gasteiger partial charge in [-0.15, -0.1) is 0 Å². The highest BCUT2D eigenvalue weighted by Gasteiger charge is 2.39. The number of anilines is 1. The maximum atomic E-state index is 13.2. The monoisotopic (exact) mass is 392 g/mol. The van der Waals surface area contributed by atoms with Gasteiger partial charge in [-0.25, -0.2) is 4.99 Å². The minimum atomic E-state index is -0.445. The number of benzene rings is 2. The summed E-state index contributed by atoms with van der Waals surface area (Å²) in [7, 11) is 0. The molecule has 29 heavy (non-hydrogen) atoms. The Kier molecular flexibility index (Phi) is 5.55. The number of guanidine groups is 1. The SMILES string of the molecule is O=C1[C@H](Cc2ccccc2)N=C(Nc2ccc([N+](=O)[O-])cc2)N1C1CCCCC1. The zero-order chi connectivity index (χ0) is 20.2. The van der Waals surface area contributed by atoms with Crippen LogP contribution in [-0.4, -0.2) is 33.8 Å². The Labute approximate surface area is 169 Å². The number of nitrogens with one attached hydrogen (secondary N) is 1. The number of nitro benzene ring substituents is 1. The van der Waals surface area contributed by atoms with Crippen LogP contribution in [0.4, 0.5) is 11.4 Å². The van der Waals surface area contributed by atoms with Gasteiger partial charge < -0.3 is 5.32 Å². The lowest BCUT2D eigenvalue weighted by Gasteiger charge is -2.32. The number of non-ortho nitro benzene ring substituents is 1. The number of carbonyl (C=O) groups excluding carboxylic acids is 1. The van der Waals surface area contributed by atoms with E-state index in [9.17, 15) is 14.9 Å². The molecule has 2 aromatic carbocycles. The Morgan fingerprint density at radius 1 is 1.03 bits per heavy atom. The fourth-order valence-corrected chi connectivity index (χ4v) is 4.08. The number of nitrogens with zero attached hydrogens (tertiary/aromatic N) is 3. The summed E-state index contributed by atoms with van der Waals surface area (Å²) in [5.41, 5.74) is 1.80. The minimum Gasteiger partial charge on any atom is -0.326 e. The summed E-state index contributed by atoms with van der Waals surface area (Å²) in [5, 5.41) is 14.1. The molecule has 0 saturated heterocycles. The van der Waals surface area contributed by atoms with Crippen LogP contribution in [0, 0.1) is 10.1 Å². The van der Waals surface area contributed by atoms with Crippen molar-refractivity contribution < 1.29 is 9.72 Å². The molecule has 1 fully saturated rings. The quantitative estimate of drug-likeness (QED) is 0.612. The van der Waals surface area contributed by atoms with Crippen LogP contribution >= 0.6 is 0 Å². The van der Waals surface area contributed by atoms with Gasteiger partial charge in [0.2, 0.25) is 5.96 Å². The van der Waals surface area contributed by atoms with Gasteiger partial charge in [0.25, 0.3) is 11.6 Å². The molecule has 1 aliphatic heterocycles. The predicted octanol–water partition coefficient (Wildman–Crippen LogP) is 4.15. The molecule has 2 aliphatic rings. The molecular formula is C22H24N4O3. The number of nitro groups is 1. The van der Waals surface area contributed by atoms with Crippen LogP contribution in [0.25, 0.3) is 0 Å². The maximum Gasteiger partial charge on any atom is 0.269 e. The van der Waals surface area contributed by atoms with Gasteiger partial charge in [0.15, 0.2) is 0 Å². The smallest absolute Gasteiger partial charge is 0.269 e. The highest BCUT2D eigenvalue weighted by molar-refractivity contribution is 6.10. The molecular weight excluding hydrogens is 368 g/mol. The second kappa shape index (κ2) is 8.43. The van der Waals surface area contributed by atoms with Gasteiger partial charge in [-0.3, -0.25) is 19.8 Å². The lowest BCUT2D eigenvalue weighted by Crippen LogP contribution is -2.46. The van der Waals surface area contributed by atoms with E-state index in [-0.39, 0.29) is 17.6 Å². The molecule has 1 aliphatic carbocycles. The van der Waals surface area contributed by atoms with Gasteiger partial charge in [-0.05, 0) is 30.5 Å². The Morgan fingerprint density at radius 3 is 2.38 bits per heavy atom. The molecule has 4 rings (SSSR count). The third kappa shape index (κ3) is 4.29. The van der Waals surface area contributed by atoms with Crippen molar-refractivity contribution in [2.45, 2.75) is 50.6 Å². The van der Waals surface area contributed by atoms with Crippen molar-refractivity contribution in [3.63, 3.8) is 0 Å². The van der Waals surface area contributed by atoms with Crippen molar-refractivity contribution in [3.05, 3.63) is 70.3 Å². The molecule has 150 valence electrons. The molecule has 1 heterocycles. The second-order valence-corrected chi connectivity index (χ2v) is 7.59. The summed E-state index contributed by atoms with van der Waals surface area (Å²) in [6, 6.07) is 15.8. The third-order valence-corrected chi connectivity index (χ3v) is 5.57. The zero-order valence-corrected chi connectivity index (χ0v) is 16.2. The zero-order valence-electron chi connectivity index (χ0n) is 16.2. The molecule has 0 unspecified atom stereocenters. The molecule has 0 bridgehead atoms. The van der Waals surface area contributed by atoms with Gasteiger partial charge in [-0.2, -0.15) is 0 Å². The molecule has 1 saturated carbocycles. The predicted molar refractivity (Wildman–Crippen MR) is 112 cm³/mol. The lowest BCUT2D eigenvalue weighted by molar-refractivity contribution is -0.384. The van der Waals surface area contributed by atoms with Gasteiger partial charge in [0.1, 0.15) is 6.04 Å². The van der Waals surface area contributed by atoms with Crippen LogP contribution in [0.2, 0.25) is 0 Å². The number of hydrogen-bond donors (Lipinski definition) is 1. The Balaban J connectivity index is 1.57. The van der Waals surface area contributed by atoms with Crippen molar-refractivity contribution in [1.82, 2.24) is 4.90 Å². The first-order chi connectivity index (χ1) is 14.1. The summed E-state index contributed by atoms with van der Waals surface area (Å²) in [5.74, 6) is 0.585. The molecule has 7 nitrogen and oxygen atoms in total. The van der Waals surface area contributed by atoms with Crippen LogP contribution < -0.4 is 5.32 Å². The van der Waals surface area contributed by atoms with Crippen LogP contribution in [0.1, 0.15) is 37.7 Å². The van der Waals surface area contributed by atoms with Crippen molar-refractivity contribution in [2.24, 2.45) is 4.99 Å². The highest BCUT2D eigenvalue weighted by Crippen LogP contribution is 2.28. The second-order valence-electron chi connectivity index (χ2n) is 7.59. The molecule has 1 amide bonds. The Hall–Kier alpha value is -3.22. The van der Waals surface area contributed by atoms with Crippen molar-refractivity contribution in [1.29, 1.82) is 0 Å². The van der Waals surface area contributed by atoms with E-state index >= 15 is 0 Å². The van der Waals surface area contributed by atoms with Crippen LogP contribution in [0.15, 0.2) is 59.6 Å². The van der Waals surface area contributed by atoms with Crippen LogP contribution in [0.5, 0.6) is 0 Å². The van der Waals surface area contributed by atoms with Crippen molar-refractivity contribution >= 4 is 23.2 Å². The summed E-state index contributed by atoms with van der Waals surface area (Å²) < 4.78 is 0. The summed E-state index contributed by atoms with van der Waals surface area (Å²) >= 11 is 0. The number of rotatable bonds is 5. The average molecular weight is 392 g/mol. The third-order valence-electron chi connectivity index (χ3n) is 5.57. The number of amides is 1. The first-order valence-electron chi connectivity index (χ1n) is 10.1. The molecule has 1 atom stereocenters. The van der Waals surface area contributed by atoms with E-state index in [2.05, 4.69) is 5.32 Å². The molecule has 7 heteroatoms. The fourth-order valence-electron chi connectivity index (χ4n) is 4.08. The fraction of sp³-hybridized carbons (Fsp3) is 0.364. The van der Waals surface area contributed by atoms with Crippen molar-refractivity contribution in [2.75, 3.05) is 5.32 Å². The van der Waals surface area contributed by atoms with E-state index in [1.165, 1.54) is 18.6 Å². The lowest BCUT2D eigenvalue weighted by atomic mass is 9.94. The standard InChI is InChI=1S/C22H24N4O3/c27-21-20(15-16-7-3-1-4-8-16)24-22(25(21)18-9-5-2-6-10-18)23-17-11-13-19(14-12-17)26(28)29/h1,3-4,7-8,11-14,18,20H,2,5-6,9-10,15H2,(H,23,24)/t20-/m0/s1. The number of aliphatic imine (C=N–C) groups is 1. The summed E-state index contributed by atoms with van der Waals surface area (Å²) in [6.07, 6.45) is 5.95. The largest absolute Gasteiger partial charge is 0.326 e. The molecule has 0 radical (unpaired) electrons. The Morgan fingerprint density at radius 2 is 1.72 bits per heavy atom. The molecule has 0 aromatic heterocycles. The van der Waals surface area contributed by atoms with E-state index in [0.29, 0.717) is 18.1 Å². The number of carbonyl (C=O) groups is 1. The van der Waals surface area contributed by atoms with Gasteiger partial charge >= 0.3 is 0 Å². The van der Waals surface area contributed by atoms with Crippen LogP contribution in [-0.2, 0) is 11.2 Å². The highest BCUT2D eigenvalue weighted by atomic mass is 16.6. The molecule has 2 aromatic rings. The van der Waals surface area contributed by atoms with Crippen molar-refractivity contribution in [3.8, 4) is 0 Å². The first kappa shape index (κ1) is 19.1. The number of hydrogen-bond acceptors (Lipinski definition) is 5.